The maximum absolute atomic E-state index is 14.1. The molecule has 0 spiro atoms. The minimum absolute atomic E-state index is 0.0373. The zero-order valence-electron chi connectivity index (χ0n) is 23.1. The van der Waals surface area contributed by atoms with Gasteiger partial charge in [-0.15, -0.1) is 0 Å². The van der Waals surface area contributed by atoms with Gasteiger partial charge in [-0.25, -0.2) is 8.42 Å². The molecule has 0 aliphatic heterocycles. The fourth-order valence-electron chi connectivity index (χ4n) is 3.97. The van der Waals surface area contributed by atoms with E-state index in [9.17, 15) is 18.0 Å². The molecule has 3 aromatic carbocycles. The summed E-state index contributed by atoms with van der Waals surface area (Å²) in [4.78, 5) is 28.5. The van der Waals surface area contributed by atoms with E-state index in [0.717, 1.165) is 4.31 Å². The van der Waals surface area contributed by atoms with Crippen LogP contribution in [0.4, 0.5) is 5.69 Å². The minimum Gasteiger partial charge on any atom is -0.495 e. The van der Waals surface area contributed by atoms with E-state index in [2.05, 4.69) is 5.32 Å². The molecule has 41 heavy (non-hydrogen) atoms. The summed E-state index contributed by atoms with van der Waals surface area (Å²) in [5, 5.41) is 3.84. The molecule has 0 aromatic heterocycles. The van der Waals surface area contributed by atoms with Crippen LogP contribution in [0.5, 0.6) is 5.75 Å². The molecule has 2 atom stereocenters. The molecule has 0 saturated carbocycles. The largest absolute Gasteiger partial charge is 0.495 e. The molecule has 0 aliphatic rings. The third-order valence-electron chi connectivity index (χ3n) is 6.54. The van der Waals surface area contributed by atoms with Gasteiger partial charge in [0.05, 0.1) is 17.7 Å². The van der Waals surface area contributed by atoms with Crippen molar-refractivity contribution in [1.29, 1.82) is 0 Å². The normalized spacial score (nSPS) is 12.8. The lowest BCUT2D eigenvalue weighted by molar-refractivity contribution is -0.139. The van der Waals surface area contributed by atoms with Gasteiger partial charge in [0.25, 0.3) is 10.0 Å². The van der Waals surface area contributed by atoms with E-state index in [1.165, 1.54) is 42.3 Å². The van der Waals surface area contributed by atoms with Crippen LogP contribution in [-0.4, -0.2) is 50.9 Å². The van der Waals surface area contributed by atoms with Crippen LogP contribution < -0.4 is 14.4 Å². The topological polar surface area (TPSA) is 96.0 Å². The first-order chi connectivity index (χ1) is 19.4. The summed E-state index contributed by atoms with van der Waals surface area (Å²) in [6.45, 7) is 4.63. The molecule has 0 radical (unpaired) electrons. The Morgan fingerprint density at radius 3 is 2.20 bits per heavy atom. The summed E-state index contributed by atoms with van der Waals surface area (Å²) in [6, 6.07) is 15.9. The number of halogens is 3. The van der Waals surface area contributed by atoms with Crippen molar-refractivity contribution < 1.29 is 22.7 Å². The smallest absolute Gasteiger partial charge is 0.264 e. The molecule has 0 heterocycles. The highest BCUT2D eigenvalue weighted by Gasteiger charge is 2.34. The molecule has 1 N–H and O–H groups in total. The van der Waals surface area contributed by atoms with Crippen molar-refractivity contribution in [3.8, 4) is 5.75 Å². The zero-order valence-corrected chi connectivity index (χ0v) is 26.2. The number of carbonyl (C=O) groups excluding carboxylic acids is 2. The van der Waals surface area contributed by atoms with Crippen LogP contribution >= 0.6 is 34.8 Å². The average Bonchev–Trinajstić information content (AvgIpc) is 2.95. The zero-order chi connectivity index (χ0) is 30.3. The van der Waals surface area contributed by atoms with E-state index < -0.39 is 34.4 Å². The maximum atomic E-state index is 14.1. The Hall–Kier alpha value is -2.98. The lowest BCUT2D eigenvalue weighted by Gasteiger charge is -2.33. The van der Waals surface area contributed by atoms with Crippen LogP contribution in [0.3, 0.4) is 0 Å². The highest BCUT2D eigenvalue weighted by atomic mass is 35.5. The number of methoxy groups -OCH3 is 1. The molecular formula is C29H32Cl3N3O5S. The predicted octanol–water partition coefficient (Wildman–Crippen LogP) is 6.18. The van der Waals surface area contributed by atoms with Crippen LogP contribution in [-0.2, 0) is 26.2 Å². The van der Waals surface area contributed by atoms with Crippen molar-refractivity contribution in [2.24, 2.45) is 0 Å². The molecule has 3 rings (SSSR count). The molecule has 2 amide bonds. The lowest BCUT2D eigenvalue weighted by atomic mass is 10.1. The van der Waals surface area contributed by atoms with Gasteiger partial charge < -0.3 is 15.0 Å². The van der Waals surface area contributed by atoms with Crippen LogP contribution in [0.15, 0.2) is 71.6 Å². The fourth-order valence-corrected chi connectivity index (χ4v) is 6.04. The first-order valence-corrected chi connectivity index (χ1v) is 15.4. The summed E-state index contributed by atoms with van der Waals surface area (Å²) < 4.78 is 34.3. The number of ether oxygens (including phenoxy) is 1. The Morgan fingerprint density at radius 2 is 1.59 bits per heavy atom. The fraction of sp³-hybridized carbons (Fsp3) is 0.310. The van der Waals surface area contributed by atoms with Gasteiger partial charge in [-0.2, -0.15) is 0 Å². The maximum Gasteiger partial charge on any atom is 0.264 e. The van der Waals surface area contributed by atoms with Crippen LogP contribution in [0.25, 0.3) is 0 Å². The number of anilines is 1. The third kappa shape index (κ3) is 8.07. The summed E-state index contributed by atoms with van der Waals surface area (Å²) >= 11 is 18.7. The van der Waals surface area contributed by atoms with Crippen LogP contribution in [0, 0.1) is 0 Å². The van der Waals surface area contributed by atoms with Gasteiger partial charge >= 0.3 is 0 Å². The van der Waals surface area contributed by atoms with E-state index in [1.807, 2.05) is 13.8 Å². The first kappa shape index (κ1) is 32.5. The monoisotopic (exact) mass is 639 g/mol. The van der Waals surface area contributed by atoms with Crippen molar-refractivity contribution in [2.45, 2.75) is 50.7 Å². The Balaban J connectivity index is 2.10. The number of rotatable bonds is 12. The molecule has 8 nitrogen and oxygen atoms in total. The second-order valence-electron chi connectivity index (χ2n) is 9.39. The second-order valence-corrected chi connectivity index (χ2v) is 12.5. The third-order valence-corrected chi connectivity index (χ3v) is 9.14. The van der Waals surface area contributed by atoms with Crippen molar-refractivity contribution >= 4 is 62.3 Å². The van der Waals surface area contributed by atoms with Gasteiger partial charge in [0.1, 0.15) is 18.3 Å². The van der Waals surface area contributed by atoms with Gasteiger partial charge in [0.2, 0.25) is 11.8 Å². The molecule has 0 fully saturated rings. The van der Waals surface area contributed by atoms with Crippen LogP contribution in [0.2, 0.25) is 15.1 Å². The van der Waals surface area contributed by atoms with Crippen molar-refractivity contribution in [3.05, 3.63) is 87.4 Å². The standard InChI is InChI=1S/C29H32Cl3N3O5S/c1-5-19(2)33-29(37)20(3)34(17-21-11-12-22(30)15-25(21)32)28(36)18-35(26-16-23(31)13-14-27(26)40-4)41(38,39)24-9-7-6-8-10-24/h6-16,19-20H,5,17-18H2,1-4H3,(H,33,37)/t19-,20+/m0/s1. The number of nitrogens with zero attached hydrogens (tertiary/aromatic N) is 2. The molecule has 220 valence electrons. The Kier molecular flexibility index (Phi) is 11.3. The number of benzene rings is 3. The van der Waals surface area contributed by atoms with Gasteiger partial charge in [-0.05, 0) is 68.3 Å². The van der Waals surface area contributed by atoms with Crippen molar-refractivity contribution in [2.75, 3.05) is 18.0 Å². The summed E-state index contributed by atoms with van der Waals surface area (Å²) in [5.74, 6) is -0.850. The molecule has 0 aliphatic carbocycles. The molecule has 12 heteroatoms. The minimum atomic E-state index is -4.28. The Bertz CT molecular complexity index is 1490. The lowest BCUT2D eigenvalue weighted by Crippen LogP contribution is -2.52. The molecular weight excluding hydrogens is 609 g/mol. The molecule has 0 bridgehead atoms. The number of hydrogen-bond donors (Lipinski definition) is 1. The van der Waals surface area contributed by atoms with Gasteiger partial charge in [0, 0.05) is 27.7 Å². The van der Waals surface area contributed by atoms with E-state index in [4.69, 9.17) is 39.5 Å². The second kappa shape index (κ2) is 14.3. The van der Waals surface area contributed by atoms with Gasteiger partial charge in [-0.1, -0.05) is 66.0 Å². The molecule has 3 aromatic rings. The van der Waals surface area contributed by atoms with Crippen LogP contribution in [0.1, 0.15) is 32.8 Å². The highest BCUT2D eigenvalue weighted by molar-refractivity contribution is 7.92. The number of nitrogens with one attached hydrogen (secondary N) is 1. The SMILES string of the molecule is CC[C@H](C)NC(=O)[C@@H](C)N(Cc1ccc(Cl)cc1Cl)C(=O)CN(c1cc(Cl)ccc1OC)S(=O)(=O)c1ccccc1. The van der Waals surface area contributed by atoms with Gasteiger partial charge in [0.15, 0.2) is 0 Å². The first-order valence-electron chi connectivity index (χ1n) is 12.8. The van der Waals surface area contributed by atoms with Crippen molar-refractivity contribution in [3.63, 3.8) is 0 Å². The number of amides is 2. The summed E-state index contributed by atoms with van der Waals surface area (Å²) in [5.41, 5.74) is 0.601. The Morgan fingerprint density at radius 1 is 0.951 bits per heavy atom. The van der Waals surface area contributed by atoms with Gasteiger partial charge in [-0.3, -0.25) is 13.9 Å². The molecule has 0 saturated heterocycles. The quantitative estimate of drug-likeness (QED) is 0.255. The Labute approximate surface area is 256 Å². The average molecular weight is 641 g/mol. The number of hydrogen-bond acceptors (Lipinski definition) is 5. The van der Waals surface area contributed by atoms with Crippen molar-refractivity contribution in [1.82, 2.24) is 10.2 Å². The summed E-state index contributed by atoms with van der Waals surface area (Å²) in [7, 11) is -2.90. The van der Waals surface area contributed by atoms with E-state index in [-0.39, 0.29) is 33.9 Å². The van der Waals surface area contributed by atoms with E-state index in [0.29, 0.717) is 22.0 Å². The van der Waals surface area contributed by atoms with E-state index >= 15 is 0 Å². The number of carbonyl (C=O) groups is 2. The summed E-state index contributed by atoms with van der Waals surface area (Å²) in [6.07, 6.45) is 0.688. The number of sulfonamides is 1. The predicted molar refractivity (Wildman–Crippen MR) is 163 cm³/mol. The molecule has 0 unspecified atom stereocenters. The highest BCUT2D eigenvalue weighted by Crippen LogP contribution is 2.35. The van der Waals surface area contributed by atoms with E-state index in [1.54, 1.807) is 43.3 Å².